The van der Waals surface area contributed by atoms with Gasteiger partial charge in [-0.1, -0.05) is 78.8 Å². The monoisotopic (exact) mass is 415 g/mol. The van der Waals surface area contributed by atoms with Crippen molar-refractivity contribution < 1.29 is 4.90 Å². The fraction of sp³-hybridized carbons (Fsp3) is 0.364. The van der Waals surface area contributed by atoms with Crippen LogP contribution >= 0.6 is 23.4 Å². The van der Waals surface area contributed by atoms with Gasteiger partial charge >= 0.3 is 0 Å². The summed E-state index contributed by atoms with van der Waals surface area (Å²) in [5.74, 6) is 1.04. The minimum absolute atomic E-state index is 0.187. The molecule has 0 fully saturated rings. The molecule has 1 heterocycles. The Morgan fingerprint density at radius 2 is 1.71 bits per heavy atom. The van der Waals surface area contributed by atoms with Crippen molar-refractivity contribution in [3.05, 3.63) is 76.6 Å². The van der Waals surface area contributed by atoms with E-state index in [1.54, 1.807) is 11.8 Å². The van der Waals surface area contributed by atoms with E-state index in [9.17, 15) is 0 Å². The van der Waals surface area contributed by atoms with Gasteiger partial charge in [-0.2, -0.15) is 0 Å². The Hall–Kier alpha value is -1.82. The Balaban J connectivity index is 1.96. The van der Waals surface area contributed by atoms with Crippen LogP contribution in [-0.2, 0) is 6.54 Å². The van der Waals surface area contributed by atoms with Gasteiger partial charge in [0.05, 0.1) is 20.6 Å². The van der Waals surface area contributed by atoms with E-state index in [-0.39, 0.29) is 5.25 Å². The van der Waals surface area contributed by atoms with Crippen LogP contribution in [0, 0.1) is 0 Å². The minimum atomic E-state index is 0.187. The van der Waals surface area contributed by atoms with Gasteiger partial charge in [-0.25, -0.2) is 0 Å². The molecule has 0 amide bonds. The van der Waals surface area contributed by atoms with E-state index in [4.69, 9.17) is 11.6 Å². The van der Waals surface area contributed by atoms with Crippen molar-refractivity contribution in [3.8, 4) is 0 Å². The Morgan fingerprint density at radius 3 is 2.36 bits per heavy atom. The summed E-state index contributed by atoms with van der Waals surface area (Å²) < 4.78 is 2.27. The SMILES string of the molecule is CC[C@@H](c1nnc(S[C@H](C)c2ccccc2Cl)n1Cc1ccccc1)[NH+](C)C. The topological polar surface area (TPSA) is 35.1 Å². The molecule has 2 atom stereocenters. The first-order chi connectivity index (χ1) is 13.5. The lowest BCUT2D eigenvalue weighted by Crippen LogP contribution is -3.06. The Morgan fingerprint density at radius 1 is 1.04 bits per heavy atom. The van der Waals surface area contributed by atoms with Crippen LogP contribution in [-0.4, -0.2) is 28.9 Å². The molecule has 0 spiro atoms. The fourth-order valence-electron chi connectivity index (χ4n) is 3.43. The van der Waals surface area contributed by atoms with Gasteiger partial charge < -0.3 is 4.90 Å². The Labute approximate surface area is 176 Å². The molecule has 28 heavy (non-hydrogen) atoms. The molecule has 148 valence electrons. The highest BCUT2D eigenvalue weighted by Crippen LogP contribution is 2.37. The predicted octanol–water partition coefficient (Wildman–Crippen LogP) is 4.43. The molecule has 0 radical (unpaired) electrons. The molecule has 1 aromatic heterocycles. The van der Waals surface area contributed by atoms with Crippen molar-refractivity contribution in [2.24, 2.45) is 0 Å². The summed E-state index contributed by atoms with van der Waals surface area (Å²) in [5.41, 5.74) is 2.37. The van der Waals surface area contributed by atoms with E-state index in [2.05, 4.69) is 73.0 Å². The lowest BCUT2D eigenvalue weighted by Gasteiger charge is -2.21. The molecular weight excluding hydrogens is 388 g/mol. The number of nitrogens with one attached hydrogen (secondary N) is 1. The maximum atomic E-state index is 6.42. The molecule has 3 aromatic rings. The van der Waals surface area contributed by atoms with Gasteiger partial charge in [0, 0.05) is 16.7 Å². The molecule has 0 saturated heterocycles. The van der Waals surface area contributed by atoms with Crippen LogP contribution in [0.3, 0.4) is 0 Å². The molecule has 4 nitrogen and oxygen atoms in total. The van der Waals surface area contributed by atoms with Crippen LogP contribution < -0.4 is 4.90 Å². The number of hydrogen-bond donors (Lipinski definition) is 1. The number of rotatable bonds is 8. The fourth-order valence-corrected chi connectivity index (χ4v) is 4.82. The van der Waals surface area contributed by atoms with Crippen molar-refractivity contribution in [1.29, 1.82) is 0 Å². The summed E-state index contributed by atoms with van der Waals surface area (Å²) in [7, 11) is 4.35. The van der Waals surface area contributed by atoms with Crippen LogP contribution in [0.25, 0.3) is 0 Å². The van der Waals surface area contributed by atoms with Crippen molar-refractivity contribution >= 4 is 23.4 Å². The van der Waals surface area contributed by atoms with E-state index in [0.717, 1.165) is 34.5 Å². The van der Waals surface area contributed by atoms with E-state index in [1.807, 2.05) is 24.3 Å². The largest absolute Gasteiger partial charge is 0.331 e. The van der Waals surface area contributed by atoms with Gasteiger partial charge in [0.15, 0.2) is 11.0 Å². The second-order valence-corrected chi connectivity index (χ2v) is 8.95. The van der Waals surface area contributed by atoms with Gasteiger partial charge in [-0.3, -0.25) is 4.57 Å². The molecule has 0 unspecified atom stereocenters. The summed E-state index contributed by atoms with van der Waals surface area (Å²) in [5, 5.41) is 11.1. The molecule has 0 bridgehead atoms. The zero-order valence-corrected chi connectivity index (χ0v) is 18.5. The Bertz CT molecular complexity index is 895. The van der Waals surface area contributed by atoms with E-state index in [1.165, 1.54) is 10.5 Å². The van der Waals surface area contributed by atoms with Crippen molar-refractivity contribution in [3.63, 3.8) is 0 Å². The molecule has 0 aliphatic rings. The molecule has 2 aromatic carbocycles. The number of aromatic nitrogens is 3. The molecule has 0 aliphatic heterocycles. The van der Waals surface area contributed by atoms with Gasteiger partial charge in [0.1, 0.15) is 6.04 Å². The molecule has 0 aliphatic carbocycles. The van der Waals surface area contributed by atoms with E-state index >= 15 is 0 Å². The van der Waals surface area contributed by atoms with Gasteiger partial charge in [0.25, 0.3) is 0 Å². The number of nitrogens with zero attached hydrogens (tertiary/aromatic N) is 3. The first-order valence-corrected chi connectivity index (χ1v) is 10.9. The second-order valence-electron chi connectivity index (χ2n) is 7.23. The normalized spacial score (nSPS) is 13.6. The summed E-state index contributed by atoms with van der Waals surface area (Å²) >= 11 is 8.13. The number of thioether (sulfide) groups is 1. The zero-order chi connectivity index (χ0) is 20.1. The highest BCUT2D eigenvalue weighted by Gasteiger charge is 2.26. The first kappa shape index (κ1) is 20.9. The summed E-state index contributed by atoms with van der Waals surface area (Å²) in [6.45, 7) is 5.14. The zero-order valence-electron chi connectivity index (χ0n) is 16.9. The third kappa shape index (κ3) is 4.77. The van der Waals surface area contributed by atoms with Gasteiger partial charge in [-0.15, -0.1) is 10.2 Å². The average Bonchev–Trinajstić information content (AvgIpc) is 3.05. The van der Waals surface area contributed by atoms with E-state index in [0.29, 0.717) is 6.04 Å². The molecule has 6 heteroatoms. The summed E-state index contributed by atoms with van der Waals surface area (Å²) in [6, 6.07) is 18.8. The van der Waals surface area contributed by atoms with Gasteiger partial charge in [-0.05, 0) is 24.1 Å². The number of benzene rings is 2. The number of halogens is 1. The highest BCUT2D eigenvalue weighted by atomic mass is 35.5. The third-order valence-electron chi connectivity index (χ3n) is 4.97. The molecular formula is C22H28ClN4S+. The van der Waals surface area contributed by atoms with Crippen molar-refractivity contribution in [1.82, 2.24) is 14.8 Å². The molecule has 0 saturated carbocycles. The number of hydrogen-bond acceptors (Lipinski definition) is 3. The lowest BCUT2D eigenvalue weighted by atomic mass is 10.2. The Kier molecular flexibility index (Phi) is 7.16. The van der Waals surface area contributed by atoms with Gasteiger partial charge in [0.2, 0.25) is 0 Å². The maximum Gasteiger partial charge on any atom is 0.192 e. The number of quaternary nitrogens is 1. The first-order valence-electron chi connectivity index (χ1n) is 9.69. The molecule has 3 rings (SSSR count). The van der Waals surface area contributed by atoms with E-state index < -0.39 is 0 Å². The smallest absolute Gasteiger partial charge is 0.192 e. The lowest BCUT2D eigenvalue weighted by molar-refractivity contribution is -0.893. The minimum Gasteiger partial charge on any atom is -0.331 e. The average molecular weight is 416 g/mol. The van der Waals surface area contributed by atoms with Crippen LogP contribution in [0.1, 0.15) is 48.5 Å². The van der Waals surface area contributed by atoms with Crippen LogP contribution in [0.4, 0.5) is 0 Å². The van der Waals surface area contributed by atoms with Crippen molar-refractivity contribution in [2.45, 2.75) is 43.3 Å². The van der Waals surface area contributed by atoms with Crippen LogP contribution in [0.15, 0.2) is 59.8 Å². The predicted molar refractivity (Wildman–Crippen MR) is 117 cm³/mol. The van der Waals surface area contributed by atoms with Crippen LogP contribution in [0.5, 0.6) is 0 Å². The standard InChI is InChI=1S/C22H27ClN4S/c1-5-20(26(3)4)21-24-25-22(27(21)15-17-11-7-6-8-12-17)28-16(2)18-13-9-10-14-19(18)23/h6-14,16,20H,5,15H2,1-4H3/p+1/t16-,20+/m1/s1. The maximum absolute atomic E-state index is 6.42. The second kappa shape index (κ2) is 9.59. The van der Waals surface area contributed by atoms with Crippen LogP contribution in [0.2, 0.25) is 5.02 Å². The third-order valence-corrected chi connectivity index (χ3v) is 6.44. The van der Waals surface area contributed by atoms with Crippen molar-refractivity contribution in [2.75, 3.05) is 14.1 Å². The summed E-state index contributed by atoms with van der Waals surface area (Å²) in [6.07, 6.45) is 1.01. The molecule has 1 N–H and O–H groups in total. The highest BCUT2D eigenvalue weighted by molar-refractivity contribution is 7.99. The quantitative estimate of drug-likeness (QED) is 0.553. The summed E-state index contributed by atoms with van der Waals surface area (Å²) in [4.78, 5) is 1.36.